The van der Waals surface area contributed by atoms with Gasteiger partial charge in [-0.2, -0.15) is 5.21 Å². The summed E-state index contributed by atoms with van der Waals surface area (Å²) in [5.41, 5.74) is 5.60. The Morgan fingerprint density at radius 1 is 1.12 bits per heavy atom. The van der Waals surface area contributed by atoms with E-state index >= 15 is 0 Å². The first-order valence-electron chi connectivity index (χ1n) is 10.8. The first-order chi connectivity index (χ1) is 16.2. The van der Waals surface area contributed by atoms with Gasteiger partial charge in [-0.1, -0.05) is 61.9 Å². The van der Waals surface area contributed by atoms with Crippen LogP contribution in [0, 0.1) is 0 Å². The van der Waals surface area contributed by atoms with Crippen LogP contribution in [0.4, 0.5) is 0 Å². The normalized spacial score (nSPS) is 11.3. The van der Waals surface area contributed by atoms with Crippen molar-refractivity contribution >= 4 is 28.3 Å². The first kappa shape index (κ1) is 21.0. The Balaban J connectivity index is 1.48. The van der Waals surface area contributed by atoms with Gasteiger partial charge in [0.15, 0.2) is 0 Å². The minimum absolute atomic E-state index is 0.301. The second kappa shape index (κ2) is 8.95. The molecule has 166 valence electrons. The molecule has 5 rings (SSSR count). The summed E-state index contributed by atoms with van der Waals surface area (Å²) in [5.74, 6) is 0.567. The van der Waals surface area contributed by atoms with Gasteiger partial charge in [0.2, 0.25) is 5.82 Å². The molecule has 0 spiro atoms. The lowest BCUT2D eigenvalue weighted by Gasteiger charge is -2.11. The molecule has 0 saturated heterocycles. The van der Waals surface area contributed by atoms with Gasteiger partial charge in [-0.25, -0.2) is 9.78 Å². The topological polar surface area (TPSA) is 110 Å². The molecule has 3 heterocycles. The molecule has 0 atom stereocenters. The van der Waals surface area contributed by atoms with E-state index in [1.165, 1.54) is 11.3 Å². The lowest BCUT2D eigenvalue weighted by atomic mass is 9.98. The monoisotopic (exact) mass is 458 g/mol. The molecule has 0 saturated carbocycles. The van der Waals surface area contributed by atoms with Crippen molar-refractivity contribution in [3.8, 4) is 22.5 Å². The first-order valence-corrected chi connectivity index (χ1v) is 11.7. The Kier molecular flexibility index (Phi) is 5.70. The van der Waals surface area contributed by atoms with Crippen molar-refractivity contribution in [2.75, 3.05) is 0 Å². The number of aryl methyl sites for hydroxylation is 1. The number of nitrogens with zero attached hydrogens (tertiary/aromatic N) is 5. The maximum Gasteiger partial charge on any atom is 0.348 e. The number of nitrogens with one attached hydrogen (secondary N) is 1. The highest BCUT2D eigenvalue weighted by Crippen LogP contribution is 2.31. The molecule has 5 aromatic rings. The molecule has 0 aliphatic heterocycles. The molecule has 0 bridgehead atoms. The molecule has 0 amide bonds. The smallest absolute Gasteiger partial charge is 0.348 e. The summed E-state index contributed by atoms with van der Waals surface area (Å²) in [7, 11) is 0. The quantitative estimate of drug-likeness (QED) is 0.337. The van der Waals surface area contributed by atoms with Gasteiger partial charge in [0, 0.05) is 23.9 Å². The number of fused-ring (bicyclic) bond motifs is 1. The summed E-state index contributed by atoms with van der Waals surface area (Å²) in [5, 5.41) is 25.8. The van der Waals surface area contributed by atoms with Gasteiger partial charge in [0.25, 0.3) is 0 Å². The van der Waals surface area contributed by atoms with Crippen LogP contribution in [0.1, 0.15) is 40.8 Å². The molecule has 2 aromatic carbocycles. The zero-order chi connectivity index (χ0) is 22.8. The lowest BCUT2D eigenvalue weighted by Crippen LogP contribution is -2.05. The second-order valence-electron chi connectivity index (χ2n) is 7.80. The molecule has 0 aliphatic carbocycles. The van der Waals surface area contributed by atoms with E-state index in [9.17, 15) is 9.90 Å². The predicted octanol–water partition coefficient (Wildman–Crippen LogP) is 5.03. The molecule has 3 aromatic heterocycles. The minimum Gasteiger partial charge on any atom is -0.477 e. The number of carbonyl (C=O) groups is 1. The summed E-state index contributed by atoms with van der Waals surface area (Å²) < 4.78 is 2.15. The zero-order valence-electron chi connectivity index (χ0n) is 18.0. The van der Waals surface area contributed by atoms with Gasteiger partial charge >= 0.3 is 5.97 Å². The summed E-state index contributed by atoms with van der Waals surface area (Å²) in [6.07, 6.45) is 2.89. The minimum atomic E-state index is -0.925. The number of hydrogen-bond acceptors (Lipinski definition) is 6. The highest BCUT2D eigenvalue weighted by molar-refractivity contribution is 7.13. The van der Waals surface area contributed by atoms with E-state index in [2.05, 4.69) is 56.4 Å². The number of H-pyrrole nitrogens is 1. The standard InChI is InChI=1S/C24H22N6O2S/c1-2-3-8-20-25-21-19(14-33-22(21)24(31)32)30(20)13-15-9-11-16(12-10-15)17-6-4-5-7-18(17)23-26-28-29-27-23/h4-7,9-12,14H,2-3,8,13H2,1H3,(H,31,32)(H,26,27,28,29). The summed E-state index contributed by atoms with van der Waals surface area (Å²) in [4.78, 5) is 16.6. The van der Waals surface area contributed by atoms with Crippen LogP contribution >= 0.6 is 11.3 Å². The molecule has 9 heteroatoms. The van der Waals surface area contributed by atoms with Crippen molar-refractivity contribution < 1.29 is 9.90 Å². The number of aromatic carboxylic acids is 1. The van der Waals surface area contributed by atoms with E-state index < -0.39 is 5.97 Å². The van der Waals surface area contributed by atoms with Crippen LogP contribution in [0.2, 0.25) is 0 Å². The number of aromatic nitrogens is 6. The molecule has 33 heavy (non-hydrogen) atoms. The van der Waals surface area contributed by atoms with Crippen LogP contribution in [0.3, 0.4) is 0 Å². The Morgan fingerprint density at radius 2 is 1.91 bits per heavy atom. The average Bonchev–Trinajstić information content (AvgIpc) is 3.57. The summed E-state index contributed by atoms with van der Waals surface area (Å²) >= 11 is 1.23. The maximum atomic E-state index is 11.6. The van der Waals surface area contributed by atoms with E-state index in [1.807, 2.05) is 29.6 Å². The Morgan fingerprint density at radius 3 is 2.61 bits per heavy atom. The number of carboxylic acid groups (broad SMARTS) is 1. The fourth-order valence-electron chi connectivity index (χ4n) is 4.00. The zero-order valence-corrected chi connectivity index (χ0v) is 18.8. The van der Waals surface area contributed by atoms with E-state index in [1.54, 1.807) is 0 Å². The van der Waals surface area contributed by atoms with Crippen molar-refractivity contribution in [3.05, 3.63) is 70.2 Å². The number of imidazole rings is 1. The number of hydrogen-bond donors (Lipinski definition) is 2. The van der Waals surface area contributed by atoms with Crippen LogP contribution < -0.4 is 0 Å². The van der Waals surface area contributed by atoms with Crippen molar-refractivity contribution in [1.29, 1.82) is 0 Å². The van der Waals surface area contributed by atoms with Crippen molar-refractivity contribution in [2.24, 2.45) is 0 Å². The van der Waals surface area contributed by atoms with Crippen molar-refractivity contribution in [1.82, 2.24) is 30.2 Å². The largest absolute Gasteiger partial charge is 0.477 e. The number of carboxylic acids is 1. The van der Waals surface area contributed by atoms with Crippen molar-refractivity contribution in [2.45, 2.75) is 32.7 Å². The van der Waals surface area contributed by atoms with Crippen LogP contribution in [-0.4, -0.2) is 41.3 Å². The second-order valence-corrected chi connectivity index (χ2v) is 8.68. The Bertz CT molecular complexity index is 1400. The highest BCUT2D eigenvalue weighted by atomic mass is 32.1. The van der Waals surface area contributed by atoms with Crippen LogP contribution in [0.15, 0.2) is 53.9 Å². The number of tetrazole rings is 1. The number of benzene rings is 2. The average molecular weight is 459 g/mol. The SMILES string of the molecule is CCCCc1nc2c(C(=O)O)scc2n1Cc1ccc(-c2ccccc2-c2nn[nH]n2)cc1. The van der Waals surface area contributed by atoms with Crippen LogP contribution in [-0.2, 0) is 13.0 Å². The van der Waals surface area contributed by atoms with E-state index in [0.29, 0.717) is 22.8 Å². The maximum absolute atomic E-state index is 11.6. The van der Waals surface area contributed by atoms with Gasteiger partial charge in [-0.15, -0.1) is 21.5 Å². The van der Waals surface area contributed by atoms with Gasteiger partial charge in [0.05, 0.1) is 5.52 Å². The van der Waals surface area contributed by atoms with Crippen LogP contribution in [0.5, 0.6) is 0 Å². The lowest BCUT2D eigenvalue weighted by molar-refractivity contribution is 0.0704. The number of aromatic amines is 1. The Labute approximate surface area is 193 Å². The van der Waals surface area contributed by atoms with E-state index in [4.69, 9.17) is 4.98 Å². The van der Waals surface area contributed by atoms with Crippen molar-refractivity contribution in [3.63, 3.8) is 0 Å². The van der Waals surface area contributed by atoms with E-state index in [0.717, 1.165) is 52.9 Å². The summed E-state index contributed by atoms with van der Waals surface area (Å²) in [6, 6.07) is 16.3. The molecule has 8 nitrogen and oxygen atoms in total. The van der Waals surface area contributed by atoms with Gasteiger partial charge < -0.3 is 9.67 Å². The fourth-order valence-corrected chi connectivity index (χ4v) is 4.83. The third-order valence-corrected chi connectivity index (χ3v) is 6.60. The molecule has 0 radical (unpaired) electrons. The van der Waals surface area contributed by atoms with Crippen LogP contribution in [0.25, 0.3) is 33.5 Å². The molecule has 0 fully saturated rings. The fraction of sp³-hybridized carbons (Fsp3) is 0.208. The predicted molar refractivity (Wildman–Crippen MR) is 127 cm³/mol. The van der Waals surface area contributed by atoms with Gasteiger partial charge in [0.1, 0.15) is 16.2 Å². The molecule has 0 unspecified atom stereocenters. The third kappa shape index (κ3) is 4.03. The molecular formula is C24H22N6O2S. The third-order valence-electron chi connectivity index (χ3n) is 5.66. The molecular weight excluding hydrogens is 436 g/mol. The number of thiophene rings is 1. The summed E-state index contributed by atoms with van der Waals surface area (Å²) in [6.45, 7) is 2.78. The van der Waals surface area contributed by atoms with Gasteiger partial charge in [-0.05, 0) is 28.3 Å². The Hall–Kier alpha value is -3.85. The molecule has 2 N–H and O–H groups in total. The van der Waals surface area contributed by atoms with E-state index in [-0.39, 0.29) is 0 Å². The number of rotatable bonds is 8. The molecule has 0 aliphatic rings. The highest BCUT2D eigenvalue weighted by Gasteiger charge is 2.19. The number of unbranched alkanes of at least 4 members (excludes halogenated alkanes) is 1. The van der Waals surface area contributed by atoms with Gasteiger partial charge in [-0.3, -0.25) is 0 Å².